The number of fused-ring (bicyclic) bond motifs is 5. The minimum Gasteiger partial charge on any atom is -0.484 e. The van der Waals surface area contributed by atoms with Crippen LogP contribution in [-0.2, 0) is 4.79 Å². The molecule has 0 saturated heterocycles. The molecule has 0 bridgehead atoms. The summed E-state index contributed by atoms with van der Waals surface area (Å²) in [6.45, 7) is 4.71. The maximum Gasteiger partial charge on any atom is 0.173 e. The van der Waals surface area contributed by atoms with Crippen molar-refractivity contribution in [2.24, 2.45) is 40.9 Å². The van der Waals surface area contributed by atoms with E-state index >= 15 is 4.39 Å². The molecular formula is C25H35FN2O2. The van der Waals surface area contributed by atoms with Crippen LogP contribution in [0.5, 0.6) is 5.75 Å². The molecule has 0 spiro atoms. The molecule has 4 saturated carbocycles. The quantitative estimate of drug-likeness (QED) is 0.660. The third kappa shape index (κ3) is 3.18. The minimum atomic E-state index is -0.948. The second-order valence-corrected chi connectivity index (χ2v) is 11.0. The molecule has 2 unspecified atom stereocenters. The number of rotatable bonds is 4. The monoisotopic (exact) mass is 414 g/mol. The summed E-state index contributed by atoms with van der Waals surface area (Å²) < 4.78 is 22.1. The van der Waals surface area contributed by atoms with E-state index in [0.29, 0.717) is 23.5 Å². The van der Waals surface area contributed by atoms with E-state index in [1.807, 2.05) is 0 Å². The molecule has 4 nitrogen and oxygen atoms in total. The molecule has 30 heavy (non-hydrogen) atoms. The zero-order valence-corrected chi connectivity index (χ0v) is 18.4. The number of carbonyl (C=O) groups excluding carboxylic acids is 1. The van der Waals surface area contributed by atoms with Crippen LogP contribution in [0.2, 0.25) is 0 Å². The number of ketones is 1. The van der Waals surface area contributed by atoms with Crippen LogP contribution in [-0.4, -0.2) is 28.3 Å². The molecule has 1 heterocycles. The second kappa shape index (κ2) is 7.56. The third-order valence-corrected chi connectivity index (χ3v) is 9.61. The lowest BCUT2D eigenvalue weighted by molar-refractivity contribution is -0.146. The molecule has 4 aliphatic carbocycles. The first-order chi connectivity index (χ1) is 14.4. The highest BCUT2D eigenvalue weighted by atomic mass is 19.1. The van der Waals surface area contributed by atoms with E-state index in [9.17, 15) is 4.79 Å². The van der Waals surface area contributed by atoms with Crippen molar-refractivity contribution in [2.75, 3.05) is 6.61 Å². The Hall–Kier alpha value is -1.52. The number of hydrogen-bond acceptors (Lipinski definition) is 4. The van der Waals surface area contributed by atoms with Gasteiger partial charge in [0.15, 0.2) is 5.78 Å². The zero-order chi connectivity index (χ0) is 20.9. The number of aromatic nitrogens is 2. The second-order valence-electron chi connectivity index (χ2n) is 11.0. The maximum atomic E-state index is 16.4. The first-order valence-electron chi connectivity index (χ1n) is 12.0. The number of Topliss-reactive ketones (excluding diaryl/α,β-unsaturated/α-hetero) is 1. The number of halogens is 1. The lowest BCUT2D eigenvalue weighted by Crippen LogP contribution is -2.56. The summed E-state index contributed by atoms with van der Waals surface area (Å²) in [6, 6.07) is 1.73. The van der Waals surface area contributed by atoms with E-state index in [4.69, 9.17) is 4.74 Å². The molecule has 164 valence electrons. The van der Waals surface area contributed by atoms with E-state index in [1.54, 1.807) is 18.5 Å². The molecule has 0 aliphatic heterocycles. The van der Waals surface area contributed by atoms with Gasteiger partial charge in [0.2, 0.25) is 0 Å². The molecule has 1 aromatic heterocycles. The molecule has 5 rings (SSSR count). The van der Waals surface area contributed by atoms with E-state index < -0.39 is 5.67 Å². The predicted octanol–water partition coefficient (Wildman–Crippen LogP) is 5.42. The molecular weight excluding hydrogens is 379 g/mol. The van der Waals surface area contributed by atoms with Crippen molar-refractivity contribution in [3.05, 3.63) is 18.5 Å². The van der Waals surface area contributed by atoms with Gasteiger partial charge in [-0.3, -0.25) is 4.79 Å². The van der Waals surface area contributed by atoms with Gasteiger partial charge < -0.3 is 4.74 Å². The van der Waals surface area contributed by atoms with E-state index in [-0.39, 0.29) is 35.6 Å². The van der Waals surface area contributed by atoms with Gasteiger partial charge >= 0.3 is 0 Å². The van der Waals surface area contributed by atoms with Gasteiger partial charge in [0.1, 0.15) is 18.0 Å². The molecule has 5 heteroatoms. The lowest BCUT2D eigenvalue weighted by Gasteiger charge is -2.58. The fraction of sp³-hybridized carbons (Fsp3) is 0.800. The van der Waals surface area contributed by atoms with Crippen LogP contribution in [0.15, 0.2) is 18.5 Å². The molecule has 0 amide bonds. The van der Waals surface area contributed by atoms with Crippen molar-refractivity contribution in [3.8, 4) is 5.75 Å². The number of ether oxygens (including phenoxy) is 1. The fourth-order valence-corrected chi connectivity index (χ4v) is 8.14. The van der Waals surface area contributed by atoms with Crippen LogP contribution >= 0.6 is 0 Å². The molecule has 4 fully saturated rings. The van der Waals surface area contributed by atoms with Gasteiger partial charge in [-0.2, -0.15) is 10.2 Å². The Kier molecular flexibility index (Phi) is 5.14. The normalized spacial score (nSPS) is 45.2. The Balaban J connectivity index is 1.30. The van der Waals surface area contributed by atoms with Gasteiger partial charge in [0.25, 0.3) is 0 Å². The highest BCUT2D eigenvalue weighted by Crippen LogP contribution is 2.66. The highest BCUT2D eigenvalue weighted by molar-refractivity contribution is 5.83. The van der Waals surface area contributed by atoms with Crippen molar-refractivity contribution < 1.29 is 13.9 Å². The van der Waals surface area contributed by atoms with Gasteiger partial charge in [0, 0.05) is 12.0 Å². The molecule has 0 aromatic carbocycles. The third-order valence-electron chi connectivity index (χ3n) is 9.61. The molecule has 4 aliphatic rings. The number of hydrogen-bond donors (Lipinski definition) is 0. The highest BCUT2D eigenvalue weighted by Gasteiger charge is 2.62. The van der Waals surface area contributed by atoms with Crippen LogP contribution in [0, 0.1) is 40.9 Å². The molecule has 0 radical (unpaired) electrons. The summed E-state index contributed by atoms with van der Waals surface area (Å²) >= 11 is 0. The Morgan fingerprint density at radius 1 is 1.13 bits per heavy atom. The number of alkyl halides is 1. The van der Waals surface area contributed by atoms with Crippen LogP contribution < -0.4 is 4.74 Å². The van der Waals surface area contributed by atoms with E-state index in [0.717, 1.165) is 57.8 Å². The standard InChI is InChI=1S/C25H35FN2O2/c1-16-7-11-25(26)17(13-16)3-4-19-20-5-6-22(24(20,2)10-8-21(19)25)23(29)15-30-18-9-12-27-28-14-18/h9,12,14,16-17,19-22H,3-8,10-11,13,15H2,1-2H3/t16-,17+,19-,20?,21?,22+,24-,25+/m0/s1. The summed E-state index contributed by atoms with van der Waals surface area (Å²) in [5, 5.41) is 7.55. The topological polar surface area (TPSA) is 52.1 Å². The van der Waals surface area contributed by atoms with Gasteiger partial charge in [-0.1, -0.05) is 13.8 Å². The van der Waals surface area contributed by atoms with E-state index in [2.05, 4.69) is 24.0 Å². The van der Waals surface area contributed by atoms with Gasteiger partial charge in [0.05, 0.1) is 12.4 Å². The largest absolute Gasteiger partial charge is 0.484 e. The summed E-state index contributed by atoms with van der Waals surface area (Å²) in [6.07, 6.45) is 12.1. The van der Waals surface area contributed by atoms with Gasteiger partial charge in [-0.25, -0.2) is 4.39 Å². The Labute approximate surface area is 179 Å². The average molecular weight is 415 g/mol. The first kappa shape index (κ1) is 20.4. The van der Waals surface area contributed by atoms with Crippen molar-refractivity contribution in [1.29, 1.82) is 0 Å². The van der Waals surface area contributed by atoms with Crippen molar-refractivity contribution in [2.45, 2.75) is 77.3 Å². The Bertz CT molecular complexity index is 789. The Morgan fingerprint density at radius 3 is 2.80 bits per heavy atom. The predicted molar refractivity (Wildman–Crippen MR) is 113 cm³/mol. The SMILES string of the molecule is C[C@H]1CC[C@]2(F)C3CC[C@@]4(C)C(CC[C@@H]4C(=O)COc4ccnnc4)[C@@H]3CC[C@@H]2C1. The van der Waals surface area contributed by atoms with Crippen molar-refractivity contribution >= 4 is 5.78 Å². The molecule has 8 atom stereocenters. The van der Waals surface area contributed by atoms with Crippen molar-refractivity contribution in [3.63, 3.8) is 0 Å². The summed E-state index contributed by atoms with van der Waals surface area (Å²) in [5.41, 5.74) is -0.945. The maximum absolute atomic E-state index is 16.4. The van der Waals surface area contributed by atoms with Crippen LogP contribution in [0.1, 0.15) is 71.6 Å². The van der Waals surface area contributed by atoms with Crippen LogP contribution in [0.25, 0.3) is 0 Å². The smallest absolute Gasteiger partial charge is 0.173 e. The van der Waals surface area contributed by atoms with Crippen LogP contribution in [0.3, 0.4) is 0 Å². The van der Waals surface area contributed by atoms with Gasteiger partial charge in [-0.05, 0) is 92.8 Å². The number of nitrogens with zero attached hydrogens (tertiary/aromatic N) is 2. The minimum absolute atomic E-state index is 0.00323. The summed E-state index contributed by atoms with van der Waals surface area (Å²) in [5.74, 6) is 2.94. The first-order valence-corrected chi connectivity index (χ1v) is 12.0. The van der Waals surface area contributed by atoms with Crippen LogP contribution in [0.4, 0.5) is 4.39 Å². The molecule has 1 aromatic rings. The molecule has 0 N–H and O–H groups in total. The average Bonchev–Trinajstić information content (AvgIpc) is 3.10. The zero-order valence-electron chi connectivity index (χ0n) is 18.4. The Morgan fingerprint density at radius 2 is 2.00 bits per heavy atom. The number of carbonyl (C=O) groups is 1. The van der Waals surface area contributed by atoms with Crippen molar-refractivity contribution in [1.82, 2.24) is 10.2 Å². The lowest BCUT2D eigenvalue weighted by atomic mass is 9.48. The summed E-state index contributed by atoms with van der Waals surface area (Å²) in [4.78, 5) is 13.1. The fourth-order valence-electron chi connectivity index (χ4n) is 8.14. The van der Waals surface area contributed by atoms with Gasteiger partial charge in [-0.15, -0.1) is 0 Å². The summed E-state index contributed by atoms with van der Waals surface area (Å²) in [7, 11) is 0. The van der Waals surface area contributed by atoms with E-state index in [1.165, 1.54) is 0 Å².